The monoisotopic (exact) mass is 1210 g/mol. The van der Waals surface area contributed by atoms with Gasteiger partial charge in [0.05, 0.1) is 23.2 Å². The highest BCUT2D eigenvalue weighted by Crippen LogP contribution is 2.52. The number of anilines is 2. The summed E-state index contributed by atoms with van der Waals surface area (Å²) in [4.78, 5) is 74.3. The van der Waals surface area contributed by atoms with Crippen molar-refractivity contribution in [2.75, 3.05) is 135 Å². The van der Waals surface area contributed by atoms with E-state index in [1.165, 1.54) is 36.4 Å². The summed E-state index contributed by atoms with van der Waals surface area (Å²) in [7, 11) is 4.22. The SMILES string of the molecule is CN1CCN(C2CN(c3nc(-c4c(O)cccc4F)c(Cl)c4c3C(=O)N3CCNC(CC5(C)CC(N6CCN(C)CC6)CN5c5nc(-c6c(O)cccc6F)c(Cl)c6c5C(=O)N5CCN(C(=O)OC(C)(C)C)CC5CO6)C3CO4)C(C)(C)C2)CC1. The van der Waals surface area contributed by atoms with Gasteiger partial charge in [-0.25, -0.2) is 23.5 Å². The van der Waals surface area contributed by atoms with Crippen molar-refractivity contribution < 1.29 is 47.6 Å². The van der Waals surface area contributed by atoms with Crippen molar-refractivity contribution >= 4 is 52.7 Å². The summed E-state index contributed by atoms with van der Waals surface area (Å²) < 4.78 is 51.7. The number of phenolic OH excluding ortho intramolecular Hbond substituents is 2. The molecule has 2 aromatic carbocycles. The minimum absolute atomic E-state index is 0.0131. The van der Waals surface area contributed by atoms with Crippen LogP contribution in [0.3, 0.4) is 0 Å². The van der Waals surface area contributed by atoms with E-state index in [2.05, 4.69) is 69.6 Å². The Morgan fingerprint density at radius 3 is 1.75 bits per heavy atom. The Morgan fingerprint density at radius 1 is 0.682 bits per heavy atom. The number of aromatic nitrogens is 2. The second kappa shape index (κ2) is 22.6. The minimum atomic E-state index is -0.876. The molecule has 6 atom stereocenters. The molecule has 0 saturated carbocycles. The number of benzene rings is 2. The first-order chi connectivity index (χ1) is 40.4. The molecule has 4 aromatic rings. The van der Waals surface area contributed by atoms with Crippen LogP contribution in [0.1, 0.15) is 81.5 Å². The molecule has 0 radical (unpaired) electrons. The minimum Gasteiger partial charge on any atom is -0.507 e. The first-order valence-electron chi connectivity index (χ1n) is 29.8. The van der Waals surface area contributed by atoms with Gasteiger partial charge in [-0.2, -0.15) is 0 Å². The van der Waals surface area contributed by atoms with Gasteiger partial charge < -0.3 is 64.0 Å². The molecule has 3 N–H and O–H groups in total. The molecule has 85 heavy (non-hydrogen) atoms. The van der Waals surface area contributed by atoms with Gasteiger partial charge in [0.1, 0.15) is 86.1 Å². The van der Waals surface area contributed by atoms with Crippen molar-refractivity contribution in [1.82, 2.24) is 49.6 Å². The number of hydrogen-bond donors (Lipinski definition) is 3. The number of carbonyl (C=O) groups is 3. The molecule has 0 aliphatic carbocycles. The highest BCUT2D eigenvalue weighted by Gasteiger charge is 2.53. The largest absolute Gasteiger partial charge is 0.507 e. The van der Waals surface area contributed by atoms with Crippen molar-refractivity contribution in [3.05, 3.63) is 69.2 Å². The van der Waals surface area contributed by atoms with Crippen LogP contribution in [0.25, 0.3) is 22.5 Å². The molecule has 12 rings (SSSR count). The second-order valence-electron chi connectivity index (χ2n) is 26.3. The molecule has 0 spiro atoms. The van der Waals surface area contributed by atoms with Crippen molar-refractivity contribution in [3.8, 4) is 45.5 Å². The van der Waals surface area contributed by atoms with Gasteiger partial charge in [-0.15, -0.1) is 0 Å². The topological polar surface area (TPSA) is 186 Å². The number of ether oxygens (including phenoxy) is 3. The second-order valence-corrected chi connectivity index (χ2v) is 27.1. The Labute approximate surface area is 505 Å². The van der Waals surface area contributed by atoms with Gasteiger partial charge in [-0.3, -0.25) is 19.4 Å². The number of halogens is 4. The number of fused-ring (bicyclic) bond motifs is 4. The maximum Gasteiger partial charge on any atom is 0.410 e. The zero-order chi connectivity index (χ0) is 60.2. The number of phenols is 2. The molecule has 2 aromatic heterocycles. The molecular weight excluding hydrogens is 1140 g/mol. The Balaban J connectivity index is 0.943. The van der Waals surface area contributed by atoms with Gasteiger partial charge in [0.25, 0.3) is 11.8 Å². The zero-order valence-electron chi connectivity index (χ0n) is 49.8. The number of aromatic hydroxyl groups is 2. The summed E-state index contributed by atoms with van der Waals surface area (Å²) in [6.45, 7) is 20.6. The molecule has 10 heterocycles. The molecule has 3 amide bonds. The summed E-state index contributed by atoms with van der Waals surface area (Å²) in [5.74, 6) is -2.51. The van der Waals surface area contributed by atoms with Crippen LogP contribution in [0.15, 0.2) is 36.4 Å². The fraction of sp³-hybridized carbons (Fsp3) is 0.590. The average Bonchev–Trinajstić information content (AvgIpc) is 1.82. The third-order valence-electron chi connectivity index (χ3n) is 19.0. The quantitative estimate of drug-likeness (QED) is 0.169. The van der Waals surface area contributed by atoms with E-state index in [9.17, 15) is 15.0 Å². The van der Waals surface area contributed by atoms with Crippen molar-refractivity contribution in [1.29, 1.82) is 0 Å². The molecule has 20 nitrogen and oxygen atoms in total. The standard InChI is InChI=1S/C61H78Cl2F2N12O8/c1-59(2,3)85-58(82)73-25-26-74-37(30-73)33-83-52-47(56(74)80)55(68-51(48(52)62)45-39(65)12-10-14-43(45)79)77-32-36(72-23-19-70(8)20-24-72)28-61(77,6)29-40-41-34-84-53-46(57(81)75(41)16-15-66-40)54(67-50(49(53)63)44-38(64)11-9-13-42(44)78)76-31-35(27-60(76,4)5)71-21-17-69(7)18-22-71/h9-14,35-37,40-41,66,78-79H,15-34H2,1-8H3. The van der Waals surface area contributed by atoms with Crippen molar-refractivity contribution in [2.24, 2.45) is 0 Å². The van der Waals surface area contributed by atoms with Crippen LogP contribution in [0, 0.1) is 11.6 Å². The predicted octanol–water partition coefficient (Wildman–Crippen LogP) is 6.72. The molecule has 8 aliphatic rings. The van der Waals surface area contributed by atoms with Crippen molar-refractivity contribution in [2.45, 2.75) is 108 Å². The smallest absolute Gasteiger partial charge is 0.410 e. The lowest BCUT2D eigenvalue weighted by atomic mass is 9.84. The number of amides is 3. The molecule has 6 unspecified atom stereocenters. The number of nitrogens with one attached hydrogen (secondary N) is 1. The van der Waals surface area contributed by atoms with Crippen LogP contribution in [-0.4, -0.2) is 245 Å². The third-order valence-corrected chi connectivity index (χ3v) is 19.7. The summed E-state index contributed by atoms with van der Waals surface area (Å²) >= 11 is 14.7. The molecule has 6 saturated heterocycles. The fourth-order valence-corrected chi connectivity index (χ4v) is 15.0. The van der Waals surface area contributed by atoms with Crippen LogP contribution in [-0.2, 0) is 4.74 Å². The number of nitrogens with zero attached hydrogens (tertiary/aromatic N) is 11. The molecular formula is C61H78Cl2F2N12O8. The Morgan fingerprint density at radius 2 is 1.20 bits per heavy atom. The normalized spacial score (nSPS) is 27.0. The first-order valence-corrected chi connectivity index (χ1v) is 30.6. The van der Waals surface area contributed by atoms with E-state index in [-0.39, 0.29) is 118 Å². The van der Waals surface area contributed by atoms with E-state index >= 15 is 18.4 Å². The maximum atomic E-state index is 16.3. The van der Waals surface area contributed by atoms with E-state index in [1.807, 2.05) is 4.90 Å². The molecule has 6 fully saturated rings. The first kappa shape index (κ1) is 59.3. The summed E-state index contributed by atoms with van der Waals surface area (Å²) in [6, 6.07) is 6.34. The Kier molecular flexibility index (Phi) is 15.8. The highest BCUT2D eigenvalue weighted by atomic mass is 35.5. The molecule has 24 heteroatoms. The molecule has 458 valence electrons. The molecule has 8 aliphatic heterocycles. The van der Waals surface area contributed by atoms with Crippen LogP contribution in [0.2, 0.25) is 10.0 Å². The van der Waals surface area contributed by atoms with E-state index in [0.717, 1.165) is 58.8 Å². The van der Waals surface area contributed by atoms with E-state index < -0.39 is 64.2 Å². The number of piperazine rings is 4. The summed E-state index contributed by atoms with van der Waals surface area (Å²) in [5.41, 5.74) is -2.51. The van der Waals surface area contributed by atoms with Crippen molar-refractivity contribution in [3.63, 3.8) is 0 Å². The van der Waals surface area contributed by atoms with Gasteiger partial charge in [-0.05, 0) is 99.2 Å². The van der Waals surface area contributed by atoms with Crippen LogP contribution in [0.4, 0.5) is 25.2 Å². The zero-order valence-corrected chi connectivity index (χ0v) is 51.3. The van der Waals surface area contributed by atoms with E-state index in [0.29, 0.717) is 44.8 Å². The van der Waals surface area contributed by atoms with Gasteiger partial charge >= 0.3 is 6.09 Å². The van der Waals surface area contributed by atoms with Crippen LogP contribution < -0.4 is 24.6 Å². The predicted molar refractivity (Wildman–Crippen MR) is 320 cm³/mol. The van der Waals surface area contributed by atoms with Gasteiger partial charge in [0.15, 0.2) is 11.5 Å². The van der Waals surface area contributed by atoms with Crippen LogP contribution in [0.5, 0.6) is 23.0 Å². The van der Waals surface area contributed by atoms with E-state index in [1.54, 1.807) is 30.6 Å². The highest BCUT2D eigenvalue weighted by molar-refractivity contribution is 6.36. The van der Waals surface area contributed by atoms with Gasteiger partial charge in [0.2, 0.25) is 0 Å². The average molecular weight is 1220 g/mol. The number of rotatable bonds is 8. The fourth-order valence-electron chi connectivity index (χ4n) is 14.4. The summed E-state index contributed by atoms with van der Waals surface area (Å²) in [6.07, 6.45) is 1.21. The third kappa shape index (κ3) is 10.9. The van der Waals surface area contributed by atoms with Gasteiger partial charge in [-0.1, -0.05) is 35.3 Å². The van der Waals surface area contributed by atoms with Gasteiger partial charge in [0, 0.05) is 127 Å². The number of hydrogen-bond acceptors (Lipinski definition) is 17. The number of likely N-dealkylation sites (N-methyl/N-ethyl adjacent to an activating group) is 2. The lowest BCUT2D eigenvalue weighted by molar-refractivity contribution is 0.000946. The lowest BCUT2D eigenvalue weighted by Crippen LogP contribution is -2.63. The molecule has 0 bridgehead atoms. The number of pyridine rings is 2. The Bertz CT molecular complexity index is 3250. The number of carbonyl (C=O) groups excluding carboxylic acids is 3. The van der Waals surface area contributed by atoms with E-state index in [4.69, 9.17) is 47.4 Å². The Hall–Kier alpha value is -6.01. The lowest BCUT2D eigenvalue weighted by Gasteiger charge is -2.46. The maximum absolute atomic E-state index is 16.3. The summed E-state index contributed by atoms with van der Waals surface area (Å²) in [5, 5.41) is 26.2. The van der Waals surface area contributed by atoms with Crippen LogP contribution >= 0.6 is 23.2 Å².